The van der Waals surface area contributed by atoms with Crippen molar-refractivity contribution < 1.29 is 22.7 Å². The SMILES string of the molecule is CN(C)CCN(c1ccc(NC(=C2C(=O)Nc3cc(Cl)ccc32)c2ccc3c(c2)OCCO3)cc1)S(C)(=O)=O. The predicted molar refractivity (Wildman–Crippen MR) is 155 cm³/mol. The molecule has 5 rings (SSSR count). The molecule has 0 fully saturated rings. The van der Waals surface area contributed by atoms with Gasteiger partial charge in [-0.25, -0.2) is 8.42 Å². The van der Waals surface area contributed by atoms with Gasteiger partial charge in [-0.1, -0.05) is 17.7 Å². The topological polar surface area (TPSA) is 100 Å². The summed E-state index contributed by atoms with van der Waals surface area (Å²) in [5.41, 5.74) is 4.30. The zero-order valence-electron chi connectivity index (χ0n) is 21.8. The molecule has 0 unspecified atom stereocenters. The maximum atomic E-state index is 13.2. The highest BCUT2D eigenvalue weighted by molar-refractivity contribution is 7.92. The lowest BCUT2D eigenvalue weighted by Gasteiger charge is -2.24. The number of amides is 1. The van der Waals surface area contributed by atoms with Crippen LogP contribution in [-0.4, -0.2) is 65.9 Å². The fraction of sp³-hybridized carbons (Fsp3) is 0.250. The van der Waals surface area contributed by atoms with Crippen molar-refractivity contribution in [3.05, 3.63) is 76.8 Å². The molecule has 0 aliphatic carbocycles. The summed E-state index contributed by atoms with van der Waals surface area (Å²) in [5.74, 6) is 0.960. The van der Waals surface area contributed by atoms with E-state index in [-0.39, 0.29) is 5.91 Å². The maximum absolute atomic E-state index is 13.2. The van der Waals surface area contributed by atoms with Crippen molar-refractivity contribution in [1.29, 1.82) is 0 Å². The summed E-state index contributed by atoms with van der Waals surface area (Å²) < 4.78 is 37.8. The van der Waals surface area contributed by atoms with Crippen molar-refractivity contribution in [3.8, 4) is 11.5 Å². The second-order valence-electron chi connectivity index (χ2n) is 9.56. The summed E-state index contributed by atoms with van der Waals surface area (Å²) >= 11 is 6.17. The molecule has 0 spiro atoms. The number of nitrogens with zero attached hydrogens (tertiary/aromatic N) is 2. The molecule has 9 nitrogen and oxygen atoms in total. The Morgan fingerprint density at radius 3 is 2.38 bits per heavy atom. The van der Waals surface area contributed by atoms with Gasteiger partial charge in [0.1, 0.15) is 13.2 Å². The second kappa shape index (κ2) is 10.8. The lowest BCUT2D eigenvalue weighted by atomic mass is 9.99. The van der Waals surface area contributed by atoms with Crippen LogP contribution in [0.1, 0.15) is 11.1 Å². The molecule has 39 heavy (non-hydrogen) atoms. The summed E-state index contributed by atoms with van der Waals surface area (Å²) in [4.78, 5) is 15.2. The highest BCUT2D eigenvalue weighted by Gasteiger charge is 2.29. The molecule has 0 atom stereocenters. The third-order valence-corrected chi connectivity index (χ3v) is 7.81. The molecule has 2 N–H and O–H groups in total. The number of nitrogens with one attached hydrogen (secondary N) is 2. The molecule has 11 heteroatoms. The van der Waals surface area contributed by atoms with Gasteiger partial charge < -0.3 is 25.0 Å². The quantitative estimate of drug-likeness (QED) is 0.389. The Morgan fingerprint density at radius 1 is 0.974 bits per heavy atom. The van der Waals surface area contributed by atoms with Crippen molar-refractivity contribution in [2.75, 3.05) is 61.6 Å². The number of fused-ring (bicyclic) bond motifs is 2. The first-order valence-electron chi connectivity index (χ1n) is 12.4. The van der Waals surface area contributed by atoms with Crippen LogP contribution < -0.4 is 24.4 Å². The van der Waals surface area contributed by atoms with Crippen molar-refractivity contribution in [1.82, 2.24) is 4.90 Å². The van der Waals surface area contributed by atoms with Crippen LogP contribution in [0.5, 0.6) is 11.5 Å². The first kappa shape index (κ1) is 26.9. The van der Waals surface area contributed by atoms with Gasteiger partial charge in [0.25, 0.3) is 5.91 Å². The van der Waals surface area contributed by atoms with E-state index in [9.17, 15) is 13.2 Å². The minimum absolute atomic E-state index is 0.270. The lowest BCUT2D eigenvalue weighted by Crippen LogP contribution is -2.35. The molecular formula is C28H29ClN4O5S. The number of rotatable bonds is 8. The zero-order valence-corrected chi connectivity index (χ0v) is 23.4. The highest BCUT2D eigenvalue weighted by Crippen LogP contribution is 2.41. The number of benzene rings is 3. The first-order valence-corrected chi connectivity index (χ1v) is 14.6. The molecule has 3 aromatic rings. The Labute approximate surface area is 233 Å². The van der Waals surface area contributed by atoms with Crippen molar-refractivity contribution in [3.63, 3.8) is 0 Å². The molecule has 1 amide bonds. The molecule has 3 aromatic carbocycles. The Hall–Kier alpha value is -3.73. The van der Waals surface area contributed by atoms with E-state index in [2.05, 4.69) is 10.6 Å². The van der Waals surface area contributed by atoms with E-state index in [0.717, 1.165) is 5.56 Å². The van der Waals surface area contributed by atoms with Gasteiger partial charge in [-0.15, -0.1) is 0 Å². The number of anilines is 3. The minimum atomic E-state index is -3.47. The van der Waals surface area contributed by atoms with Gasteiger partial charge in [0.2, 0.25) is 10.0 Å². The minimum Gasteiger partial charge on any atom is -0.486 e. The first-order chi connectivity index (χ1) is 18.6. The zero-order chi connectivity index (χ0) is 27.7. The molecule has 204 valence electrons. The van der Waals surface area contributed by atoms with E-state index < -0.39 is 10.0 Å². The molecule has 2 aliphatic rings. The standard InChI is InChI=1S/C28H29ClN4O5S/c1-32(2)12-13-33(39(3,35)36)21-8-6-20(7-9-21)30-27(18-4-11-24-25(16-18)38-15-14-37-24)26-22-10-5-19(29)17-23(22)31-28(26)34/h4-11,16-17,30H,12-15H2,1-3H3,(H,31,34). The summed E-state index contributed by atoms with van der Waals surface area (Å²) in [6, 6.07) is 17.9. The molecule has 0 saturated heterocycles. The van der Waals surface area contributed by atoms with Crippen LogP contribution in [0.3, 0.4) is 0 Å². The van der Waals surface area contributed by atoms with E-state index >= 15 is 0 Å². The van der Waals surface area contributed by atoms with Crippen molar-refractivity contribution in [2.45, 2.75) is 0 Å². The van der Waals surface area contributed by atoms with Crippen LogP contribution in [0.4, 0.5) is 17.1 Å². The van der Waals surface area contributed by atoms with Gasteiger partial charge in [-0.05, 0) is 68.7 Å². The number of ether oxygens (including phenoxy) is 2. The van der Waals surface area contributed by atoms with E-state index in [1.54, 1.807) is 36.4 Å². The summed E-state index contributed by atoms with van der Waals surface area (Å²) in [7, 11) is 0.318. The van der Waals surface area contributed by atoms with Crippen LogP contribution in [-0.2, 0) is 14.8 Å². The van der Waals surface area contributed by atoms with Gasteiger partial charge in [-0.3, -0.25) is 9.10 Å². The molecule has 0 saturated carbocycles. The number of carbonyl (C=O) groups excluding carboxylic acids is 1. The monoisotopic (exact) mass is 568 g/mol. The van der Waals surface area contributed by atoms with Crippen LogP contribution in [0, 0.1) is 0 Å². The molecular weight excluding hydrogens is 540 g/mol. The third-order valence-electron chi connectivity index (χ3n) is 6.38. The molecule has 0 aromatic heterocycles. The van der Waals surface area contributed by atoms with Gasteiger partial charge in [0.15, 0.2) is 11.5 Å². The number of likely N-dealkylation sites (N-methyl/N-ethyl adjacent to an activating group) is 1. The van der Waals surface area contributed by atoms with Gasteiger partial charge in [0.05, 0.1) is 28.9 Å². The Kier molecular flexibility index (Phi) is 7.44. The smallest absolute Gasteiger partial charge is 0.258 e. The fourth-order valence-corrected chi connectivity index (χ4v) is 5.59. The number of sulfonamides is 1. The Bertz CT molecular complexity index is 1550. The van der Waals surface area contributed by atoms with Crippen LogP contribution in [0.2, 0.25) is 5.02 Å². The van der Waals surface area contributed by atoms with E-state index in [4.69, 9.17) is 21.1 Å². The second-order valence-corrected chi connectivity index (χ2v) is 11.9. The maximum Gasteiger partial charge on any atom is 0.258 e. The van der Waals surface area contributed by atoms with E-state index in [1.165, 1.54) is 10.6 Å². The summed E-state index contributed by atoms with van der Waals surface area (Å²) in [6.07, 6.45) is 1.20. The average Bonchev–Trinajstić information content (AvgIpc) is 3.21. The van der Waals surface area contributed by atoms with Crippen molar-refractivity contribution in [2.24, 2.45) is 0 Å². The molecule has 2 aliphatic heterocycles. The number of hydrogen-bond donors (Lipinski definition) is 2. The van der Waals surface area contributed by atoms with Crippen LogP contribution >= 0.6 is 11.6 Å². The molecule has 2 heterocycles. The van der Waals surface area contributed by atoms with Crippen molar-refractivity contribution >= 4 is 55.9 Å². The normalized spacial score (nSPS) is 15.6. The molecule has 0 radical (unpaired) electrons. The molecule has 0 bridgehead atoms. The lowest BCUT2D eigenvalue weighted by molar-refractivity contribution is -0.110. The number of halogens is 1. The highest BCUT2D eigenvalue weighted by atomic mass is 35.5. The van der Waals surface area contributed by atoms with E-state index in [1.807, 2.05) is 43.3 Å². The average molecular weight is 569 g/mol. The van der Waals surface area contributed by atoms with Crippen LogP contribution in [0.25, 0.3) is 11.3 Å². The summed E-state index contributed by atoms with van der Waals surface area (Å²) in [5, 5.41) is 6.81. The third kappa shape index (κ3) is 5.83. The largest absolute Gasteiger partial charge is 0.486 e. The number of carbonyl (C=O) groups is 1. The van der Waals surface area contributed by atoms with Crippen LogP contribution in [0.15, 0.2) is 60.7 Å². The number of hydrogen-bond acceptors (Lipinski definition) is 7. The fourth-order valence-electron chi connectivity index (χ4n) is 4.50. The summed E-state index contributed by atoms with van der Waals surface area (Å²) in [6.45, 7) is 1.81. The van der Waals surface area contributed by atoms with Gasteiger partial charge >= 0.3 is 0 Å². The van der Waals surface area contributed by atoms with Gasteiger partial charge in [-0.2, -0.15) is 0 Å². The van der Waals surface area contributed by atoms with Gasteiger partial charge in [0, 0.05) is 34.9 Å². The Balaban J connectivity index is 1.55. The van der Waals surface area contributed by atoms with E-state index in [0.29, 0.717) is 76.7 Å². The predicted octanol–water partition coefficient (Wildman–Crippen LogP) is 4.37. The Morgan fingerprint density at radius 2 is 1.69 bits per heavy atom.